The van der Waals surface area contributed by atoms with Gasteiger partial charge in [-0.15, -0.1) is 5.10 Å². The Balaban J connectivity index is 2.24. The van der Waals surface area contributed by atoms with Gasteiger partial charge in [-0.05, 0) is 12.5 Å². The van der Waals surface area contributed by atoms with Gasteiger partial charge in [-0.1, -0.05) is 35.5 Å². The van der Waals surface area contributed by atoms with Gasteiger partial charge < -0.3 is 4.90 Å². The molecule has 0 bridgehead atoms. The van der Waals surface area contributed by atoms with Crippen molar-refractivity contribution in [2.75, 3.05) is 14.1 Å². The largest absolute Gasteiger partial charge is 0.369 e. The first-order valence-electron chi connectivity index (χ1n) is 5.81. The zero-order valence-electron chi connectivity index (χ0n) is 10.9. The normalized spacial score (nSPS) is 11.1. The van der Waals surface area contributed by atoms with Crippen LogP contribution in [-0.4, -0.2) is 40.3 Å². The van der Waals surface area contributed by atoms with E-state index < -0.39 is 0 Å². The minimum absolute atomic E-state index is 0.682. The first-order chi connectivity index (χ1) is 8.66. The quantitative estimate of drug-likeness (QED) is 0.608. The van der Waals surface area contributed by atoms with Crippen LogP contribution in [0.3, 0.4) is 0 Å². The molecule has 0 atom stereocenters. The molecule has 1 heterocycles. The van der Waals surface area contributed by atoms with Crippen LogP contribution >= 0.6 is 0 Å². The summed E-state index contributed by atoms with van der Waals surface area (Å²) in [5.41, 5.74) is 2.02. The number of aryl methyl sites for hydroxylation is 1. The second-order valence-electron chi connectivity index (χ2n) is 4.35. The number of aromatic nitrogens is 3. The van der Waals surface area contributed by atoms with E-state index in [9.17, 15) is 0 Å². The number of benzene rings is 1. The van der Waals surface area contributed by atoms with E-state index in [-0.39, 0.29) is 0 Å². The fraction of sp³-hybridized carbons (Fsp3) is 0.308. The van der Waals surface area contributed by atoms with E-state index in [0.717, 1.165) is 11.5 Å². The number of nitrogens with zero attached hydrogens (tertiary/aromatic N) is 5. The lowest BCUT2D eigenvalue weighted by molar-refractivity contribution is 0.634. The zero-order valence-corrected chi connectivity index (χ0v) is 10.9. The number of rotatable bonds is 4. The molecule has 1 aromatic heterocycles. The molecule has 0 amide bonds. The molecule has 0 unspecified atom stereocenters. The third-order valence-corrected chi connectivity index (χ3v) is 2.46. The Kier molecular flexibility index (Phi) is 3.72. The molecule has 0 spiro atoms. The molecule has 5 heteroatoms. The Labute approximate surface area is 107 Å². The smallest absolute Gasteiger partial charge is 0.175 e. The molecule has 0 aliphatic carbocycles. The summed E-state index contributed by atoms with van der Waals surface area (Å²) in [6, 6.07) is 10.2. The van der Waals surface area contributed by atoms with Crippen LogP contribution in [0.5, 0.6) is 0 Å². The van der Waals surface area contributed by atoms with Gasteiger partial charge >= 0.3 is 0 Å². The van der Waals surface area contributed by atoms with Crippen molar-refractivity contribution >= 4 is 12.2 Å². The van der Waals surface area contributed by atoms with Crippen LogP contribution in [0.4, 0.5) is 5.82 Å². The molecule has 5 nitrogen and oxygen atoms in total. The highest BCUT2D eigenvalue weighted by Crippen LogP contribution is 2.16. The average Bonchev–Trinajstić information content (AvgIpc) is 2.69. The summed E-state index contributed by atoms with van der Waals surface area (Å²) >= 11 is 0. The summed E-state index contributed by atoms with van der Waals surface area (Å²) in [7, 11) is 3.87. The maximum Gasteiger partial charge on any atom is 0.175 e. The first-order valence-corrected chi connectivity index (χ1v) is 5.81. The lowest BCUT2D eigenvalue weighted by Gasteiger charge is -2.05. The van der Waals surface area contributed by atoms with E-state index in [4.69, 9.17) is 0 Å². The summed E-state index contributed by atoms with van der Waals surface area (Å²) in [6.07, 6.45) is 1.76. The Morgan fingerprint density at radius 3 is 2.67 bits per heavy atom. The van der Waals surface area contributed by atoms with Crippen LogP contribution in [0, 0.1) is 6.92 Å². The molecular weight excluding hydrogens is 226 g/mol. The fourth-order valence-corrected chi connectivity index (χ4v) is 1.59. The Hall–Kier alpha value is -2.17. The van der Waals surface area contributed by atoms with E-state index >= 15 is 0 Å². The summed E-state index contributed by atoms with van der Waals surface area (Å²) in [4.78, 5) is 6.29. The van der Waals surface area contributed by atoms with Crippen LogP contribution in [-0.2, 0) is 6.54 Å². The third kappa shape index (κ3) is 2.94. The van der Waals surface area contributed by atoms with Crippen LogP contribution in [0.25, 0.3) is 0 Å². The molecule has 2 rings (SSSR count). The van der Waals surface area contributed by atoms with E-state index in [1.54, 1.807) is 6.34 Å². The summed E-state index contributed by atoms with van der Waals surface area (Å²) in [6.45, 7) is 2.60. The van der Waals surface area contributed by atoms with Crippen molar-refractivity contribution in [2.45, 2.75) is 13.5 Å². The monoisotopic (exact) mass is 243 g/mol. The van der Waals surface area contributed by atoms with Crippen LogP contribution in [0.2, 0.25) is 0 Å². The summed E-state index contributed by atoms with van der Waals surface area (Å²) < 4.78 is 1.81. The predicted octanol–water partition coefficient (Wildman–Crippen LogP) is 1.86. The minimum Gasteiger partial charge on any atom is -0.369 e. The molecule has 0 radical (unpaired) electrons. The maximum atomic E-state index is 4.40. The van der Waals surface area contributed by atoms with Crippen molar-refractivity contribution in [3.05, 3.63) is 41.6 Å². The number of hydrogen-bond acceptors (Lipinski definition) is 3. The molecule has 0 aliphatic rings. The standard InChI is InChI=1S/C13H17N5/c1-11-13(14-10-17(2)3)18(16-15-11)9-12-7-5-4-6-8-12/h4-8,10H,9H2,1-3H3. The molecule has 0 aliphatic heterocycles. The second-order valence-corrected chi connectivity index (χ2v) is 4.35. The molecule has 2 aromatic rings. The van der Waals surface area contributed by atoms with E-state index in [1.807, 2.05) is 48.8 Å². The van der Waals surface area contributed by atoms with Gasteiger partial charge in [0.1, 0.15) is 5.69 Å². The minimum atomic E-state index is 0.682. The highest BCUT2D eigenvalue weighted by atomic mass is 15.5. The molecule has 0 N–H and O–H groups in total. The average molecular weight is 243 g/mol. The van der Waals surface area contributed by atoms with Gasteiger partial charge in [0.25, 0.3) is 0 Å². The topological polar surface area (TPSA) is 46.3 Å². The van der Waals surface area contributed by atoms with Crippen molar-refractivity contribution in [1.82, 2.24) is 19.9 Å². The van der Waals surface area contributed by atoms with E-state index in [1.165, 1.54) is 5.56 Å². The molecule has 18 heavy (non-hydrogen) atoms. The van der Waals surface area contributed by atoms with Crippen molar-refractivity contribution < 1.29 is 0 Å². The predicted molar refractivity (Wildman–Crippen MR) is 72.1 cm³/mol. The van der Waals surface area contributed by atoms with E-state index in [0.29, 0.717) is 6.54 Å². The Bertz CT molecular complexity index is 528. The van der Waals surface area contributed by atoms with Crippen LogP contribution in [0.15, 0.2) is 35.3 Å². The third-order valence-electron chi connectivity index (χ3n) is 2.46. The molecule has 1 aromatic carbocycles. The van der Waals surface area contributed by atoms with Gasteiger partial charge in [0.05, 0.1) is 12.9 Å². The number of aliphatic imine (C=N–C) groups is 1. The lowest BCUT2D eigenvalue weighted by atomic mass is 10.2. The molecule has 94 valence electrons. The summed E-state index contributed by atoms with van der Waals surface area (Å²) in [5.74, 6) is 0.799. The fourth-order valence-electron chi connectivity index (χ4n) is 1.59. The van der Waals surface area contributed by atoms with Crippen LogP contribution in [0.1, 0.15) is 11.3 Å². The van der Waals surface area contributed by atoms with Gasteiger partial charge in [0.2, 0.25) is 0 Å². The van der Waals surface area contributed by atoms with E-state index in [2.05, 4.69) is 27.4 Å². The van der Waals surface area contributed by atoms with Gasteiger partial charge in [0, 0.05) is 14.1 Å². The number of hydrogen-bond donors (Lipinski definition) is 0. The van der Waals surface area contributed by atoms with Crippen molar-refractivity contribution in [2.24, 2.45) is 4.99 Å². The second kappa shape index (κ2) is 5.44. The van der Waals surface area contributed by atoms with Gasteiger partial charge in [-0.2, -0.15) is 0 Å². The summed E-state index contributed by atoms with van der Waals surface area (Å²) in [5, 5.41) is 8.19. The highest BCUT2D eigenvalue weighted by molar-refractivity contribution is 5.59. The molecule has 0 saturated heterocycles. The highest BCUT2D eigenvalue weighted by Gasteiger charge is 2.07. The van der Waals surface area contributed by atoms with Gasteiger partial charge in [0.15, 0.2) is 5.82 Å². The maximum absolute atomic E-state index is 4.40. The SMILES string of the molecule is Cc1nnn(Cc2ccccc2)c1N=CN(C)C. The molecule has 0 saturated carbocycles. The lowest BCUT2D eigenvalue weighted by Crippen LogP contribution is -2.08. The molecular formula is C13H17N5. The molecule has 0 fully saturated rings. The zero-order chi connectivity index (χ0) is 13.0. The van der Waals surface area contributed by atoms with Crippen molar-refractivity contribution in [1.29, 1.82) is 0 Å². The van der Waals surface area contributed by atoms with Gasteiger partial charge in [-0.3, -0.25) is 0 Å². The van der Waals surface area contributed by atoms with Gasteiger partial charge in [-0.25, -0.2) is 9.67 Å². The first kappa shape index (κ1) is 12.3. The Morgan fingerprint density at radius 1 is 1.28 bits per heavy atom. The van der Waals surface area contributed by atoms with Crippen molar-refractivity contribution in [3.63, 3.8) is 0 Å². The van der Waals surface area contributed by atoms with Crippen molar-refractivity contribution in [3.8, 4) is 0 Å². The van der Waals surface area contributed by atoms with Crippen LogP contribution < -0.4 is 0 Å². The Morgan fingerprint density at radius 2 is 2.00 bits per heavy atom.